The molecule has 1 aromatic carbocycles. The number of carbonyl (C=O) groups is 1. The third-order valence-corrected chi connectivity index (χ3v) is 5.11. The molecule has 1 amide bonds. The highest BCUT2D eigenvalue weighted by atomic mass is 16.6. The molecule has 0 N–H and O–H groups in total. The number of unbranched alkanes of at least 4 members (excludes halogenated alkanes) is 8. The predicted octanol–water partition coefficient (Wildman–Crippen LogP) is 5.85. The maximum Gasteiger partial charge on any atom is 0.222 e. The molecule has 2 rings (SSSR count). The van der Waals surface area contributed by atoms with Gasteiger partial charge in [-0.3, -0.25) is 4.79 Å². The van der Waals surface area contributed by atoms with E-state index in [2.05, 4.69) is 31.2 Å². The first-order chi connectivity index (χ1) is 13.3. The maximum atomic E-state index is 12.6. The quantitative estimate of drug-likeness (QED) is 0.286. The number of nitrogens with zero attached hydrogens (tertiary/aromatic N) is 1. The van der Waals surface area contributed by atoms with E-state index < -0.39 is 0 Å². The van der Waals surface area contributed by atoms with Crippen molar-refractivity contribution in [2.45, 2.75) is 77.2 Å². The summed E-state index contributed by atoms with van der Waals surface area (Å²) in [4.78, 5) is 14.6. The van der Waals surface area contributed by atoms with Gasteiger partial charge in [0.25, 0.3) is 0 Å². The maximum absolute atomic E-state index is 12.6. The second-order valence-corrected chi connectivity index (χ2v) is 7.65. The van der Waals surface area contributed by atoms with Crippen molar-refractivity contribution in [1.29, 1.82) is 0 Å². The Bertz CT molecular complexity index is 537. The van der Waals surface area contributed by atoms with Crippen LogP contribution in [0.1, 0.15) is 76.7 Å². The lowest BCUT2D eigenvalue weighted by molar-refractivity contribution is -0.131. The molecule has 0 aromatic heterocycles. The highest BCUT2D eigenvalue weighted by Gasteiger charge is 2.27. The number of amides is 1. The molecule has 0 saturated carbocycles. The Hall–Kier alpha value is -1.61. The fraction of sp³-hybridized carbons (Fsp3) is 0.625. The van der Waals surface area contributed by atoms with Crippen LogP contribution >= 0.6 is 0 Å². The van der Waals surface area contributed by atoms with Crippen LogP contribution in [-0.2, 0) is 9.53 Å². The zero-order chi connectivity index (χ0) is 19.2. The fourth-order valence-corrected chi connectivity index (χ4v) is 3.32. The van der Waals surface area contributed by atoms with Crippen molar-refractivity contribution in [3.05, 3.63) is 42.0 Å². The van der Waals surface area contributed by atoms with Gasteiger partial charge in [0, 0.05) is 19.5 Å². The zero-order valence-electron chi connectivity index (χ0n) is 17.1. The summed E-state index contributed by atoms with van der Waals surface area (Å²) in [6.45, 7) is 4.46. The van der Waals surface area contributed by atoms with Crippen molar-refractivity contribution in [2.75, 3.05) is 19.7 Å². The smallest absolute Gasteiger partial charge is 0.222 e. The Balaban J connectivity index is 1.61. The number of ether oxygens (including phenoxy) is 1. The van der Waals surface area contributed by atoms with Crippen molar-refractivity contribution in [3.63, 3.8) is 0 Å². The summed E-state index contributed by atoms with van der Waals surface area (Å²) in [6.07, 6.45) is 16.6. The van der Waals surface area contributed by atoms with Crippen LogP contribution in [0.4, 0.5) is 0 Å². The van der Waals surface area contributed by atoms with Gasteiger partial charge in [0.2, 0.25) is 5.91 Å². The third kappa shape index (κ3) is 10.3. The van der Waals surface area contributed by atoms with Crippen molar-refractivity contribution in [2.24, 2.45) is 0 Å². The highest BCUT2D eigenvalue weighted by molar-refractivity contribution is 5.76. The first-order valence-electron chi connectivity index (χ1n) is 10.9. The Morgan fingerprint density at radius 1 is 1.04 bits per heavy atom. The second-order valence-electron chi connectivity index (χ2n) is 7.65. The predicted molar refractivity (Wildman–Crippen MR) is 114 cm³/mol. The summed E-state index contributed by atoms with van der Waals surface area (Å²) in [7, 11) is 0. The fourth-order valence-electron chi connectivity index (χ4n) is 3.32. The summed E-state index contributed by atoms with van der Waals surface area (Å²) in [5.41, 5.74) is 1.17. The molecule has 0 aliphatic carbocycles. The van der Waals surface area contributed by atoms with Crippen molar-refractivity contribution in [3.8, 4) is 0 Å². The van der Waals surface area contributed by atoms with Gasteiger partial charge in [-0.25, -0.2) is 0 Å². The van der Waals surface area contributed by atoms with E-state index in [1.165, 1.54) is 56.9 Å². The van der Waals surface area contributed by atoms with Crippen LogP contribution in [0.2, 0.25) is 0 Å². The van der Waals surface area contributed by atoms with Crippen LogP contribution in [0.15, 0.2) is 36.4 Å². The number of hydrogen-bond donors (Lipinski definition) is 0. The molecule has 27 heavy (non-hydrogen) atoms. The summed E-state index contributed by atoms with van der Waals surface area (Å²) in [5, 5.41) is 0. The van der Waals surface area contributed by atoms with E-state index in [1.54, 1.807) is 0 Å². The Morgan fingerprint density at radius 3 is 2.30 bits per heavy atom. The van der Waals surface area contributed by atoms with Gasteiger partial charge in [0.1, 0.15) is 0 Å². The van der Waals surface area contributed by atoms with Gasteiger partial charge in [0.15, 0.2) is 0 Å². The second kappa shape index (κ2) is 13.5. The lowest BCUT2D eigenvalue weighted by Gasteiger charge is -2.20. The summed E-state index contributed by atoms with van der Waals surface area (Å²) >= 11 is 0. The first kappa shape index (κ1) is 21.7. The average Bonchev–Trinajstić information content (AvgIpc) is 3.51. The van der Waals surface area contributed by atoms with Gasteiger partial charge >= 0.3 is 0 Å². The van der Waals surface area contributed by atoms with E-state index in [0.717, 1.165) is 19.6 Å². The highest BCUT2D eigenvalue weighted by Crippen LogP contribution is 2.14. The van der Waals surface area contributed by atoms with E-state index in [0.29, 0.717) is 13.0 Å². The van der Waals surface area contributed by atoms with E-state index in [1.807, 2.05) is 23.1 Å². The van der Waals surface area contributed by atoms with Crippen LogP contribution in [-0.4, -0.2) is 36.6 Å². The van der Waals surface area contributed by atoms with Gasteiger partial charge in [-0.1, -0.05) is 101 Å². The summed E-state index contributed by atoms with van der Waals surface area (Å²) in [6, 6.07) is 10.2. The van der Waals surface area contributed by atoms with E-state index >= 15 is 0 Å². The number of epoxide rings is 1. The number of hydrogen-bond acceptors (Lipinski definition) is 2. The SMILES string of the molecule is CCCCCCCCCCCC(=O)N(CC=Cc1ccccc1)CC1CO1. The molecule has 0 radical (unpaired) electrons. The van der Waals surface area contributed by atoms with Gasteiger partial charge in [-0.15, -0.1) is 0 Å². The molecule has 1 saturated heterocycles. The van der Waals surface area contributed by atoms with Gasteiger partial charge in [-0.05, 0) is 12.0 Å². The summed E-state index contributed by atoms with van der Waals surface area (Å²) in [5.74, 6) is 0.270. The number of rotatable bonds is 15. The third-order valence-electron chi connectivity index (χ3n) is 5.11. The van der Waals surface area contributed by atoms with Crippen molar-refractivity contribution in [1.82, 2.24) is 4.90 Å². The number of carbonyl (C=O) groups excluding carboxylic acids is 1. The monoisotopic (exact) mass is 371 g/mol. The topological polar surface area (TPSA) is 32.8 Å². The molecule has 0 bridgehead atoms. The molecule has 1 aliphatic rings. The molecule has 150 valence electrons. The standard InChI is InChI=1S/C24H37NO2/c1-2-3-4-5-6-7-8-9-13-18-24(26)25(20-23-21-27-23)19-14-17-22-15-11-10-12-16-22/h10-12,14-17,23H,2-9,13,18-21H2,1H3. The Labute approximate surface area is 165 Å². The molecule has 3 heteroatoms. The molecule has 1 atom stereocenters. The molecular formula is C24H37NO2. The van der Waals surface area contributed by atoms with Crippen LogP contribution in [0, 0.1) is 0 Å². The van der Waals surface area contributed by atoms with E-state index in [-0.39, 0.29) is 12.0 Å². The minimum absolute atomic E-state index is 0.252. The van der Waals surface area contributed by atoms with Gasteiger partial charge < -0.3 is 9.64 Å². The normalized spacial score (nSPS) is 16.0. The molecular weight excluding hydrogens is 334 g/mol. The average molecular weight is 372 g/mol. The Morgan fingerprint density at radius 2 is 1.67 bits per heavy atom. The Kier molecular flexibility index (Phi) is 10.9. The van der Waals surface area contributed by atoms with Crippen LogP contribution < -0.4 is 0 Å². The summed E-state index contributed by atoms with van der Waals surface area (Å²) < 4.78 is 5.33. The molecule has 1 fully saturated rings. The molecule has 1 unspecified atom stereocenters. The van der Waals surface area contributed by atoms with Gasteiger partial charge in [0.05, 0.1) is 12.7 Å². The minimum atomic E-state index is 0.252. The molecule has 0 spiro atoms. The lowest BCUT2D eigenvalue weighted by atomic mass is 10.1. The lowest BCUT2D eigenvalue weighted by Crippen LogP contribution is -2.34. The van der Waals surface area contributed by atoms with Crippen LogP contribution in [0.25, 0.3) is 6.08 Å². The number of benzene rings is 1. The van der Waals surface area contributed by atoms with Crippen LogP contribution in [0.5, 0.6) is 0 Å². The zero-order valence-corrected chi connectivity index (χ0v) is 17.1. The molecule has 1 aliphatic heterocycles. The largest absolute Gasteiger partial charge is 0.371 e. The van der Waals surface area contributed by atoms with Crippen LogP contribution in [0.3, 0.4) is 0 Å². The molecule has 1 aromatic rings. The van der Waals surface area contributed by atoms with E-state index in [4.69, 9.17) is 4.74 Å². The van der Waals surface area contributed by atoms with Crippen molar-refractivity contribution >= 4 is 12.0 Å². The van der Waals surface area contributed by atoms with E-state index in [9.17, 15) is 4.79 Å². The van der Waals surface area contributed by atoms with Crippen molar-refractivity contribution < 1.29 is 9.53 Å². The first-order valence-corrected chi connectivity index (χ1v) is 10.9. The van der Waals surface area contributed by atoms with Gasteiger partial charge in [-0.2, -0.15) is 0 Å². The molecule has 1 heterocycles. The minimum Gasteiger partial charge on any atom is -0.371 e. The molecule has 3 nitrogen and oxygen atoms in total.